The number of nitrogens with zero attached hydrogens (tertiary/aromatic N) is 1. The van der Waals surface area contributed by atoms with Gasteiger partial charge in [0.25, 0.3) is 0 Å². The highest BCUT2D eigenvalue weighted by Gasteiger charge is 2.54. The molecule has 1 aliphatic carbocycles. The molecule has 0 saturated carbocycles. The van der Waals surface area contributed by atoms with Gasteiger partial charge in [0.2, 0.25) is 5.78 Å². The lowest BCUT2D eigenvalue weighted by molar-refractivity contribution is -0.301. The summed E-state index contributed by atoms with van der Waals surface area (Å²) in [6, 6.07) is 6.55. The van der Waals surface area contributed by atoms with E-state index in [4.69, 9.17) is 62.4 Å². The van der Waals surface area contributed by atoms with Crippen molar-refractivity contribution >= 4 is 80.6 Å². The number of hydrogen-bond donors (Lipinski definition) is 5. The molecule has 3 aromatic rings. The van der Waals surface area contributed by atoms with Crippen molar-refractivity contribution in [3.05, 3.63) is 71.2 Å². The number of alkyl halides is 1. The minimum Gasteiger partial charge on any atom is -0.508 e. The van der Waals surface area contributed by atoms with Crippen LogP contribution in [-0.4, -0.2) is 131 Å². The van der Waals surface area contributed by atoms with E-state index < -0.39 is 66.7 Å². The van der Waals surface area contributed by atoms with Crippen LogP contribution in [0.5, 0.6) is 5.75 Å². The van der Waals surface area contributed by atoms with Crippen LogP contribution in [0.2, 0.25) is 0 Å². The van der Waals surface area contributed by atoms with Crippen LogP contribution in [0, 0.1) is 23.7 Å². The molecule has 2 aromatic heterocycles. The third kappa shape index (κ3) is 11.8. The number of allylic oxidation sites excluding steroid dienone is 3. The Morgan fingerprint density at radius 1 is 1.17 bits per heavy atom. The number of Topliss-reactive ketones (excluding diaryl/α,β-unsaturated/α-hetero) is 2. The molecule has 5 N–H and O–H groups in total. The van der Waals surface area contributed by atoms with Crippen LogP contribution in [0.3, 0.4) is 0 Å². The topological polar surface area (TPSA) is 200 Å². The number of fused-ring (bicyclic) bond motifs is 3. The zero-order valence-electron chi connectivity index (χ0n) is 37.0. The quantitative estimate of drug-likeness (QED) is 0.0891. The minimum absolute atomic E-state index is 0.0146. The van der Waals surface area contributed by atoms with Gasteiger partial charge in [-0.3, -0.25) is 19.9 Å². The molecule has 0 bridgehead atoms. The number of ketones is 2. The molecule has 2 fully saturated rings. The number of aliphatic hydroxyl groups is 1. The van der Waals surface area contributed by atoms with Crippen LogP contribution in [0.1, 0.15) is 57.4 Å². The van der Waals surface area contributed by atoms with Crippen molar-refractivity contribution < 1.29 is 53.0 Å². The number of aliphatic hydroxyl groups excluding tert-OH is 1. The van der Waals surface area contributed by atoms with Crippen LogP contribution in [0.25, 0.3) is 21.8 Å². The molecular formula is C46H53ClN4O11S3. The third-order valence-electron chi connectivity index (χ3n) is 11.1. The number of pyridine rings is 1. The van der Waals surface area contributed by atoms with E-state index in [1.165, 1.54) is 24.4 Å². The van der Waals surface area contributed by atoms with Gasteiger partial charge in [0, 0.05) is 66.2 Å². The molecule has 15 nitrogen and oxygen atoms in total. The Kier molecular flexibility index (Phi) is 16.6. The lowest BCUT2D eigenvalue weighted by atomic mass is 9.84. The van der Waals surface area contributed by atoms with Crippen molar-refractivity contribution in [2.24, 2.45) is 0 Å². The summed E-state index contributed by atoms with van der Waals surface area (Å²) in [5, 5.41) is 29.1. The number of ether oxygens (including phenoxy) is 6. The van der Waals surface area contributed by atoms with Gasteiger partial charge in [0.05, 0.1) is 49.3 Å². The largest absolute Gasteiger partial charge is 0.508 e. The van der Waals surface area contributed by atoms with Crippen LogP contribution >= 0.6 is 11.6 Å². The number of hydrogen-bond acceptors (Lipinski definition) is 15. The number of methoxy groups -OCH3 is 2. The number of H-pyrrole nitrogens is 1. The number of phenols is 1. The fourth-order valence-electron chi connectivity index (χ4n) is 8.04. The van der Waals surface area contributed by atoms with Crippen LogP contribution in [-0.2, 0) is 62.7 Å². The molecule has 1 amide bonds. The summed E-state index contributed by atoms with van der Waals surface area (Å²) in [6.45, 7) is 7.54. The molecule has 2 saturated heterocycles. The van der Waals surface area contributed by atoms with Gasteiger partial charge in [-0.1, -0.05) is 44.8 Å². The van der Waals surface area contributed by atoms with Crippen molar-refractivity contribution in [1.29, 1.82) is 0 Å². The molecule has 1 aromatic carbocycles. The molecule has 19 heteroatoms. The second-order valence-corrected chi connectivity index (χ2v) is 24.1. The first kappa shape index (κ1) is 50.1. The Labute approximate surface area is 392 Å². The molecule has 6 rings (SSSR count). The molecule has 348 valence electrons. The smallest absolute Gasteiger partial charge is 0.411 e. The Morgan fingerprint density at radius 2 is 1.92 bits per heavy atom. The maximum absolute atomic E-state index is 14.9. The van der Waals surface area contributed by atoms with Crippen LogP contribution < -0.4 is 10.6 Å². The van der Waals surface area contributed by atoms with E-state index in [0.717, 1.165) is 7.11 Å². The number of rotatable bonds is 13. The number of amides is 1. The van der Waals surface area contributed by atoms with E-state index in [1.54, 1.807) is 51.5 Å². The lowest BCUT2D eigenvalue weighted by Crippen LogP contribution is -2.59. The highest BCUT2D eigenvalue weighted by Crippen LogP contribution is 2.43. The number of carbonyl (C=O) groups is 3. The summed E-state index contributed by atoms with van der Waals surface area (Å²) in [5.74, 6) is 10.5. The number of aromatic nitrogens is 2. The van der Waals surface area contributed by atoms with Gasteiger partial charge in [-0.25, -0.2) is 4.79 Å². The molecule has 9 atom stereocenters. The van der Waals surface area contributed by atoms with Crippen molar-refractivity contribution in [3.8, 4) is 29.4 Å². The zero-order valence-corrected chi connectivity index (χ0v) is 40.2. The average Bonchev–Trinajstić information content (AvgIpc) is 3.62. The number of aromatic amines is 1. The number of carbonyl (C=O) groups excluding carboxylic acids is 3. The van der Waals surface area contributed by atoms with E-state index >= 15 is 0 Å². The fraction of sp³-hybridized carbons (Fsp3) is 0.478. The summed E-state index contributed by atoms with van der Waals surface area (Å²) in [7, 11) is 0.738. The summed E-state index contributed by atoms with van der Waals surface area (Å²) in [5.41, 5.74) is 1.11. The maximum Gasteiger partial charge on any atom is 0.411 e. The number of benzene rings is 1. The van der Waals surface area contributed by atoms with Gasteiger partial charge >= 0.3 is 6.09 Å². The first-order chi connectivity index (χ1) is 30.9. The number of aromatic hydroxyl groups is 1. The molecule has 65 heavy (non-hydrogen) atoms. The number of halogens is 1. The van der Waals surface area contributed by atoms with E-state index in [-0.39, 0.29) is 78.1 Å². The van der Waals surface area contributed by atoms with E-state index in [1.807, 2.05) is 13.8 Å². The van der Waals surface area contributed by atoms with E-state index in [9.17, 15) is 24.6 Å². The maximum atomic E-state index is 14.9. The predicted octanol–water partition coefficient (Wildman–Crippen LogP) is 4.78. The number of alkyl carbamates (subject to hydrolysis) is 1. The highest BCUT2D eigenvalue weighted by atomic mass is 35.5. The van der Waals surface area contributed by atoms with Gasteiger partial charge in [-0.2, -0.15) is 0 Å². The molecule has 2 aliphatic heterocycles. The first-order valence-corrected chi connectivity index (χ1v) is 25.3. The molecule has 7 unspecified atom stereocenters. The second kappa shape index (κ2) is 21.6. The Bertz CT molecular complexity index is 2640. The Hall–Kier alpha value is -4.28. The second-order valence-electron chi connectivity index (χ2n) is 16.2. The molecular weight excluding hydrogens is 916 g/mol. The average molecular weight is 970 g/mol. The minimum atomic E-state index is -2.01. The molecule has 3 aliphatic rings. The van der Waals surface area contributed by atoms with Crippen molar-refractivity contribution in [2.75, 3.05) is 32.8 Å². The van der Waals surface area contributed by atoms with E-state index in [0.29, 0.717) is 21.8 Å². The predicted molar refractivity (Wildman–Crippen MR) is 254 cm³/mol. The molecule has 0 spiro atoms. The van der Waals surface area contributed by atoms with Gasteiger partial charge in [0.15, 0.2) is 18.4 Å². The van der Waals surface area contributed by atoms with Gasteiger partial charge in [0.1, 0.15) is 28.5 Å². The summed E-state index contributed by atoms with van der Waals surface area (Å²) < 4.78 is 37.1. The molecule has 4 heterocycles. The SMILES string of the molecule is CC#C/C=C\C#C[C@H](OC1OC(C)C(Cl)(C(=O)c2nccc3c2[nH]c2ccc(O)cc23)CC1OC1CC(OC)C(NC(C)C)CO1)C1=C(NC(=O)OC)C(=O)C[C@H](O)/C1=C/CS(C)(=S)=S. The molecule has 0 radical (unpaired) electrons. The normalized spacial score (nSPS) is 27.4. The van der Waals surface area contributed by atoms with Crippen molar-refractivity contribution in [1.82, 2.24) is 20.6 Å². The monoisotopic (exact) mass is 968 g/mol. The Morgan fingerprint density at radius 3 is 2.62 bits per heavy atom. The van der Waals surface area contributed by atoms with Gasteiger partial charge in [-0.05, 0) is 84.5 Å². The summed E-state index contributed by atoms with van der Waals surface area (Å²) in [6.07, 6.45) is -1.06. The standard InChI is InChI=1S/C46H53ClN4O11S3/c1-8-9-10-11-12-13-35(39-29(17-19-65(7,63)64)33(53)21-34(54)41(39)51-45(56)58-6)62-44-37(61-38-22-36(57-5)32(24-59-38)49-25(2)3)23-46(47,26(4)60-44)43(55)42-40-28(16-18-48-42)30-20-27(52)14-15-31(30)50-40/h10-11,14-18,20,25-26,32-33,35-38,44,49-50,52-53H,19,21-24H2,1-7H3,(H,51,56)/b11-10-,29-17-/t26?,32?,33-,35-,36?,37?,38?,44?,46?/m0/s1. The summed E-state index contributed by atoms with van der Waals surface area (Å²) in [4.78, 5) is 47.4. The van der Waals surface area contributed by atoms with E-state index in [2.05, 4.69) is 44.3 Å². The van der Waals surface area contributed by atoms with Gasteiger partial charge < -0.3 is 48.9 Å². The van der Waals surface area contributed by atoms with Crippen molar-refractivity contribution in [2.45, 2.75) is 107 Å². The fourth-order valence-corrected chi connectivity index (χ4v) is 9.22. The number of phenolic OH excluding ortho intramolecular Hbond substituents is 1. The first-order valence-electron chi connectivity index (χ1n) is 20.8. The third-order valence-corrected chi connectivity index (χ3v) is 13.4. The Balaban J connectivity index is 1.46. The zero-order chi connectivity index (χ0) is 47.2. The highest BCUT2D eigenvalue weighted by molar-refractivity contribution is 8.56. The van der Waals surface area contributed by atoms with Crippen molar-refractivity contribution in [3.63, 3.8) is 0 Å². The lowest BCUT2D eigenvalue weighted by Gasteiger charge is -2.46. The van der Waals surface area contributed by atoms with Crippen LogP contribution in [0.15, 0.2) is 65.5 Å². The summed E-state index contributed by atoms with van der Waals surface area (Å²) >= 11 is 18.6. The van der Waals surface area contributed by atoms with Gasteiger partial charge in [-0.15, -0.1) is 17.5 Å². The number of nitrogens with one attached hydrogen (secondary N) is 3. The van der Waals surface area contributed by atoms with Crippen LogP contribution in [0.4, 0.5) is 4.79 Å².